The summed E-state index contributed by atoms with van der Waals surface area (Å²) >= 11 is 0. The number of anilines is 2. The van der Waals surface area contributed by atoms with E-state index in [2.05, 4.69) is 15.0 Å². The topological polar surface area (TPSA) is 85.0 Å². The van der Waals surface area contributed by atoms with E-state index in [9.17, 15) is 4.79 Å². The highest BCUT2D eigenvalue weighted by atomic mass is 16.2. The number of nitrogen functional groups attached to an aromatic ring is 1. The van der Waals surface area contributed by atoms with Gasteiger partial charge in [0.25, 0.3) is 5.91 Å². The van der Waals surface area contributed by atoms with E-state index in [1.165, 1.54) is 17.3 Å². The first-order chi connectivity index (χ1) is 8.18. The van der Waals surface area contributed by atoms with Crippen molar-refractivity contribution in [1.82, 2.24) is 15.0 Å². The van der Waals surface area contributed by atoms with Gasteiger partial charge in [0.1, 0.15) is 17.3 Å². The molecule has 0 fully saturated rings. The molecule has 0 spiro atoms. The van der Waals surface area contributed by atoms with Crippen LogP contribution in [-0.4, -0.2) is 27.9 Å². The maximum absolute atomic E-state index is 12.0. The fourth-order valence-electron chi connectivity index (χ4n) is 1.28. The van der Waals surface area contributed by atoms with Crippen molar-refractivity contribution in [3.63, 3.8) is 0 Å². The molecule has 0 aliphatic carbocycles. The van der Waals surface area contributed by atoms with Gasteiger partial charge < -0.3 is 5.73 Å². The number of pyridine rings is 1. The molecule has 0 atom stereocenters. The highest BCUT2D eigenvalue weighted by Crippen LogP contribution is 2.10. The summed E-state index contributed by atoms with van der Waals surface area (Å²) in [7, 11) is 1.63. The SMILES string of the molecule is CN(C(=O)c1cnc(N)cn1)c1ccccn1. The highest BCUT2D eigenvalue weighted by Gasteiger charge is 2.15. The Morgan fingerprint density at radius 1 is 1.24 bits per heavy atom. The monoisotopic (exact) mass is 229 g/mol. The lowest BCUT2D eigenvalue weighted by molar-refractivity contribution is 0.0987. The minimum absolute atomic E-state index is 0.229. The number of carbonyl (C=O) groups excluding carboxylic acids is 1. The summed E-state index contributed by atoms with van der Waals surface area (Å²) in [6.45, 7) is 0. The first-order valence-electron chi connectivity index (χ1n) is 4.95. The zero-order valence-corrected chi connectivity index (χ0v) is 9.24. The zero-order chi connectivity index (χ0) is 12.3. The predicted molar refractivity (Wildman–Crippen MR) is 63.4 cm³/mol. The second-order valence-corrected chi connectivity index (χ2v) is 3.38. The first-order valence-corrected chi connectivity index (χ1v) is 4.95. The molecule has 0 unspecified atom stereocenters. The molecule has 2 rings (SSSR count). The number of amides is 1. The van der Waals surface area contributed by atoms with Crippen LogP contribution in [-0.2, 0) is 0 Å². The van der Waals surface area contributed by atoms with Gasteiger partial charge in [0.05, 0.1) is 12.4 Å². The molecule has 0 saturated carbocycles. The van der Waals surface area contributed by atoms with Crippen LogP contribution in [0.25, 0.3) is 0 Å². The highest BCUT2D eigenvalue weighted by molar-refractivity contribution is 6.03. The van der Waals surface area contributed by atoms with Crippen LogP contribution in [0.1, 0.15) is 10.5 Å². The van der Waals surface area contributed by atoms with Crippen LogP contribution < -0.4 is 10.6 Å². The van der Waals surface area contributed by atoms with Gasteiger partial charge in [-0.25, -0.2) is 15.0 Å². The molecule has 0 saturated heterocycles. The Kier molecular flexibility index (Phi) is 2.95. The quantitative estimate of drug-likeness (QED) is 0.820. The molecule has 0 radical (unpaired) electrons. The van der Waals surface area contributed by atoms with E-state index in [1.54, 1.807) is 31.4 Å². The molecule has 0 aliphatic rings. The lowest BCUT2D eigenvalue weighted by Crippen LogP contribution is -2.28. The fourth-order valence-corrected chi connectivity index (χ4v) is 1.28. The maximum atomic E-state index is 12.0. The molecule has 17 heavy (non-hydrogen) atoms. The molecule has 2 aromatic rings. The Bertz CT molecular complexity index is 511. The van der Waals surface area contributed by atoms with Gasteiger partial charge in [-0.2, -0.15) is 0 Å². The van der Waals surface area contributed by atoms with Gasteiger partial charge in [-0.15, -0.1) is 0 Å². The lowest BCUT2D eigenvalue weighted by atomic mass is 10.3. The van der Waals surface area contributed by atoms with Gasteiger partial charge in [-0.05, 0) is 12.1 Å². The van der Waals surface area contributed by atoms with Crippen molar-refractivity contribution < 1.29 is 4.79 Å². The Morgan fingerprint density at radius 2 is 2.06 bits per heavy atom. The van der Waals surface area contributed by atoms with Crippen molar-refractivity contribution in [1.29, 1.82) is 0 Å². The van der Waals surface area contributed by atoms with Crippen LogP contribution in [0.5, 0.6) is 0 Å². The smallest absolute Gasteiger partial charge is 0.279 e. The van der Waals surface area contributed by atoms with Crippen LogP contribution >= 0.6 is 0 Å². The number of hydrogen-bond acceptors (Lipinski definition) is 5. The molecule has 1 amide bonds. The van der Waals surface area contributed by atoms with E-state index < -0.39 is 0 Å². The van der Waals surface area contributed by atoms with Crippen molar-refractivity contribution in [2.45, 2.75) is 0 Å². The van der Waals surface area contributed by atoms with Gasteiger partial charge in [0, 0.05) is 13.2 Å². The van der Waals surface area contributed by atoms with Gasteiger partial charge >= 0.3 is 0 Å². The molecule has 86 valence electrons. The molecule has 0 aromatic carbocycles. The molecule has 2 N–H and O–H groups in total. The molecule has 2 aromatic heterocycles. The third-order valence-corrected chi connectivity index (χ3v) is 2.19. The summed E-state index contributed by atoms with van der Waals surface area (Å²) in [5.41, 5.74) is 5.63. The standard InChI is InChI=1S/C11H11N5O/c1-16(10-4-2-3-5-13-10)11(17)8-6-15-9(12)7-14-8/h2-7H,1H3,(H2,12,15). The Hall–Kier alpha value is -2.50. The van der Waals surface area contributed by atoms with Gasteiger partial charge in [-0.1, -0.05) is 6.07 Å². The zero-order valence-electron chi connectivity index (χ0n) is 9.24. The van der Waals surface area contributed by atoms with Crippen LogP contribution in [0.15, 0.2) is 36.8 Å². The second-order valence-electron chi connectivity index (χ2n) is 3.38. The predicted octanol–water partition coefficient (Wildman–Crippen LogP) is 0.730. The van der Waals surface area contributed by atoms with Crippen LogP contribution in [0.2, 0.25) is 0 Å². The van der Waals surface area contributed by atoms with E-state index in [1.807, 2.05) is 0 Å². The Labute approximate surface area is 98.1 Å². The van der Waals surface area contributed by atoms with E-state index in [0.717, 1.165) is 0 Å². The van der Waals surface area contributed by atoms with E-state index in [0.29, 0.717) is 5.82 Å². The van der Waals surface area contributed by atoms with Crippen molar-refractivity contribution in [2.75, 3.05) is 17.7 Å². The maximum Gasteiger partial charge on any atom is 0.279 e. The molecule has 6 nitrogen and oxygen atoms in total. The van der Waals surface area contributed by atoms with Crippen molar-refractivity contribution in [2.24, 2.45) is 0 Å². The summed E-state index contributed by atoms with van der Waals surface area (Å²) in [6, 6.07) is 5.33. The van der Waals surface area contributed by atoms with Crippen molar-refractivity contribution >= 4 is 17.5 Å². The minimum Gasteiger partial charge on any atom is -0.382 e. The average Bonchev–Trinajstić information content (AvgIpc) is 2.39. The van der Waals surface area contributed by atoms with E-state index >= 15 is 0 Å². The third-order valence-electron chi connectivity index (χ3n) is 2.19. The van der Waals surface area contributed by atoms with Gasteiger partial charge in [0.15, 0.2) is 0 Å². The Balaban J connectivity index is 2.23. The molecule has 2 heterocycles. The molecular weight excluding hydrogens is 218 g/mol. The number of hydrogen-bond donors (Lipinski definition) is 1. The van der Waals surface area contributed by atoms with Crippen molar-refractivity contribution in [3.8, 4) is 0 Å². The van der Waals surface area contributed by atoms with E-state index in [4.69, 9.17) is 5.73 Å². The van der Waals surface area contributed by atoms with Crippen LogP contribution in [0, 0.1) is 0 Å². The number of carbonyl (C=O) groups is 1. The molecule has 6 heteroatoms. The Morgan fingerprint density at radius 3 is 2.65 bits per heavy atom. The van der Waals surface area contributed by atoms with Gasteiger partial charge in [-0.3, -0.25) is 9.69 Å². The van der Waals surface area contributed by atoms with Gasteiger partial charge in [0.2, 0.25) is 0 Å². The summed E-state index contributed by atoms with van der Waals surface area (Å²) in [5, 5.41) is 0. The number of nitrogens with zero attached hydrogens (tertiary/aromatic N) is 4. The largest absolute Gasteiger partial charge is 0.382 e. The number of rotatable bonds is 2. The summed E-state index contributed by atoms with van der Waals surface area (Å²) in [4.78, 5) is 25.2. The summed E-state index contributed by atoms with van der Waals surface area (Å²) < 4.78 is 0. The molecule has 0 bridgehead atoms. The normalized spacial score (nSPS) is 9.94. The summed E-state index contributed by atoms with van der Waals surface area (Å²) in [6.07, 6.45) is 4.31. The first kappa shape index (κ1) is 11.0. The van der Waals surface area contributed by atoms with Crippen LogP contribution in [0.3, 0.4) is 0 Å². The van der Waals surface area contributed by atoms with E-state index in [-0.39, 0.29) is 17.4 Å². The molecular formula is C11H11N5O. The second kappa shape index (κ2) is 4.56. The fraction of sp³-hybridized carbons (Fsp3) is 0.0909. The average molecular weight is 229 g/mol. The van der Waals surface area contributed by atoms with Crippen LogP contribution in [0.4, 0.5) is 11.6 Å². The number of aromatic nitrogens is 3. The number of nitrogens with two attached hydrogens (primary N) is 1. The minimum atomic E-state index is -0.281. The van der Waals surface area contributed by atoms with Crippen molar-refractivity contribution in [3.05, 3.63) is 42.5 Å². The summed E-state index contributed by atoms with van der Waals surface area (Å²) in [5.74, 6) is 0.550. The molecule has 0 aliphatic heterocycles. The lowest BCUT2D eigenvalue weighted by Gasteiger charge is -2.14. The third kappa shape index (κ3) is 2.36.